The summed E-state index contributed by atoms with van der Waals surface area (Å²) in [6.45, 7) is 6.10. The molecule has 1 saturated heterocycles. The molecule has 1 aromatic rings. The summed E-state index contributed by atoms with van der Waals surface area (Å²) < 4.78 is 18.2. The number of hydrogen-bond donors (Lipinski definition) is 1. The first kappa shape index (κ1) is 11.9. The number of halogens is 1. The first-order valence-electron chi connectivity index (χ1n) is 5.59. The Morgan fingerprint density at radius 2 is 2.18 bits per heavy atom. The van der Waals surface area contributed by atoms with E-state index in [0.29, 0.717) is 12.2 Å². The maximum atomic E-state index is 13.2. The van der Waals surface area contributed by atoms with Crippen molar-refractivity contribution < 1.29 is 13.9 Å². The number of carbonyl (C=O) groups is 1. The van der Waals surface area contributed by atoms with E-state index in [4.69, 9.17) is 4.74 Å². The summed E-state index contributed by atoms with van der Waals surface area (Å²) in [4.78, 5) is 11.3. The first-order valence-corrected chi connectivity index (χ1v) is 5.59. The van der Waals surface area contributed by atoms with Crippen molar-refractivity contribution in [2.24, 2.45) is 5.41 Å². The van der Waals surface area contributed by atoms with Crippen molar-refractivity contribution in [2.45, 2.75) is 26.8 Å². The van der Waals surface area contributed by atoms with Crippen molar-refractivity contribution in [1.82, 2.24) is 5.32 Å². The van der Waals surface area contributed by atoms with E-state index >= 15 is 0 Å². The molecule has 1 fully saturated rings. The predicted octanol–water partition coefficient (Wildman–Crippen LogP) is 2.94. The molecule has 0 aliphatic carbocycles. The van der Waals surface area contributed by atoms with E-state index in [9.17, 15) is 9.18 Å². The van der Waals surface area contributed by atoms with Gasteiger partial charge < -0.3 is 10.1 Å². The molecule has 3 nitrogen and oxygen atoms in total. The van der Waals surface area contributed by atoms with Gasteiger partial charge >= 0.3 is 6.09 Å². The average Bonchev–Trinajstić information content (AvgIpc) is 2.26. The molecule has 1 atom stereocenters. The Morgan fingerprint density at radius 3 is 2.82 bits per heavy atom. The summed E-state index contributed by atoms with van der Waals surface area (Å²) in [5.74, 6) is -0.232. The van der Waals surface area contributed by atoms with Gasteiger partial charge in [-0.2, -0.15) is 0 Å². The number of ether oxygens (including phenoxy) is 1. The van der Waals surface area contributed by atoms with Gasteiger partial charge in [-0.3, -0.25) is 0 Å². The molecule has 0 saturated carbocycles. The molecule has 0 spiro atoms. The second-order valence-electron chi connectivity index (χ2n) is 5.15. The lowest BCUT2D eigenvalue weighted by molar-refractivity contribution is 0.0387. The van der Waals surface area contributed by atoms with Crippen molar-refractivity contribution in [2.75, 3.05) is 6.61 Å². The zero-order valence-electron chi connectivity index (χ0n) is 10.2. The molecular weight excluding hydrogens is 221 g/mol. The predicted molar refractivity (Wildman–Crippen MR) is 62.1 cm³/mol. The number of cyclic esters (lactones) is 1. The van der Waals surface area contributed by atoms with E-state index in [-0.39, 0.29) is 17.3 Å². The number of benzene rings is 1. The normalized spacial score (nSPS) is 22.8. The van der Waals surface area contributed by atoms with Crippen LogP contribution in [0.25, 0.3) is 0 Å². The van der Waals surface area contributed by atoms with Crippen molar-refractivity contribution >= 4 is 6.09 Å². The molecule has 1 amide bonds. The molecular formula is C13H16FNO2. The third kappa shape index (κ3) is 2.25. The molecule has 0 unspecified atom stereocenters. The molecule has 0 radical (unpaired) electrons. The van der Waals surface area contributed by atoms with Crippen LogP contribution in [0.4, 0.5) is 9.18 Å². The van der Waals surface area contributed by atoms with Crippen LogP contribution in [-0.4, -0.2) is 12.7 Å². The van der Waals surface area contributed by atoms with Gasteiger partial charge in [-0.05, 0) is 24.1 Å². The van der Waals surface area contributed by atoms with Gasteiger partial charge in [0.2, 0.25) is 0 Å². The van der Waals surface area contributed by atoms with Gasteiger partial charge in [0.1, 0.15) is 12.4 Å². The highest BCUT2D eigenvalue weighted by Gasteiger charge is 2.37. The van der Waals surface area contributed by atoms with Crippen LogP contribution in [0.2, 0.25) is 0 Å². The largest absolute Gasteiger partial charge is 0.449 e. The summed E-state index contributed by atoms with van der Waals surface area (Å²) in [6.07, 6.45) is -0.420. The van der Waals surface area contributed by atoms with Gasteiger partial charge in [0.05, 0.1) is 6.04 Å². The zero-order valence-corrected chi connectivity index (χ0v) is 10.2. The van der Waals surface area contributed by atoms with Crippen molar-refractivity contribution in [3.8, 4) is 0 Å². The lowest BCUT2D eigenvalue weighted by Gasteiger charge is -2.38. The van der Waals surface area contributed by atoms with Gasteiger partial charge in [-0.15, -0.1) is 0 Å². The van der Waals surface area contributed by atoms with Crippen LogP contribution in [0.5, 0.6) is 0 Å². The Kier molecular flexibility index (Phi) is 2.81. The van der Waals surface area contributed by atoms with Crippen LogP contribution in [-0.2, 0) is 4.74 Å². The summed E-state index contributed by atoms with van der Waals surface area (Å²) >= 11 is 0. The SMILES string of the molecule is Cc1cc([C@@H]2NC(=O)OCC2(C)C)ccc1F. The second-order valence-corrected chi connectivity index (χ2v) is 5.15. The fourth-order valence-corrected chi connectivity index (χ4v) is 2.07. The lowest BCUT2D eigenvalue weighted by Crippen LogP contribution is -2.46. The molecule has 1 aliphatic rings. The van der Waals surface area contributed by atoms with E-state index in [1.54, 1.807) is 19.1 Å². The van der Waals surface area contributed by atoms with Gasteiger partial charge in [-0.25, -0.2) is 9.18 Å². The zero-order chi connectivity index (χ0) is 12.6. The summed E-state index contributed by atoms with van der Waals surface area (Å²) in [6, 6.07) is 4.76. The number of alkyl carbamates (subject to hydrolysis) is 1. The minimum Gasteiger partial charge on any atom is -0.449 e. The molecule has 92 valence electrons. The Hall–Kier alpha value is -1.58. The van der Waals surface area contributed by atoms with E-state index in [1.807, 2.05) is 13.8 Å². The number of aryl methyl sites for hydroxylation is 1. The Balaban J connectivity index is 2.36. The van der Waals surface area contributed by atoms with Crippen molar-refractivity contribution in [3.63, 3.8) is 0 Å². The number of nitrogens with one attached hydrogen (secondary N) is 1. The smallest absolute Gasteiger partial charge is 0.407 e. The fraction of sp³-hybridized carbons (Fsp3) is 0.462. The Labute approximate surface area is 100.0 Å². The number of rotatable bonds is 1. The highest BCUT2D eigenvalue weighted by molar-refractivity contribution is 5.69. The number of amides is 1. The third-order valence-electron chi connectivity index (χ3n) is 3.13. The maximum Gasteiger partial charge on any atom is 0.407 e. The summed E-state index contributed by atoms with van der Waals surface area (Å²) in [5.41, 5.74) is 1.28. The average molecular weight is 237 g/mol. The van der Waals surface area contributed by atoms with Crippen LogP contribution < -0.4 is 5.32 Å². The van der Waals surface area contributed by atoms with Gasteiger partial charge in [0.25, 0.3) is 0 Å². The minimum absolute atomic E-state index is 0.150. The molecule has 1 aliphatic heterocycles. The van der Waals surface area contributed by atoms with Gasteiger partial charge in [0, 0.05) is 5.41 Å². The van der Waals surface area contributed by atoms with Crippen LogP contribution in [0.15, 0.2) is 18.2 Å². The first-order chi connectivity index (χ1) is 7.90. The van der Waals surface area contributed by atoms with E-state index in [1.165, 1.54) is 6.07 Å². The molecule has 17 heavy (non-hydrogen) atoms. The van der Waals surface area contributed by atoms with E-state index in [0.717, 1.165) is 5.56 Å². The molecule has 0 aromatic heterocycles. The van der Waals surface area contributed by atoms with E-state index in [2.05, 4.69) is 5.32 Å². The van der Waals surface area contributed by atoms with Crippen LogP contribution >= 0.6 is 0 Å². The minimum atomic E-state index is -0.420. The van der Waals surface area contributed by atoms with Gasteiger partial charge in [-0.1, -0.05) is 26.0 Å². The molecule has 4 heteroatoms. The monoisotopic (exact) mass is 237 g/mol. The topological polar surface area (TPSA) is 38.3 Å². The molecule has 1 heterocycles. The molecule has 1 aromatic carbocycles. The summed E-state index contributed by atoms with van der Waals surface area (Å²) in [7, 11) is 0. The molecule has 2 rings (SSSR count). The molecule has 1 N–H and O–H groups in total. The maximum absolute atomic E-state index is 13.2. The molecule has 0 bridgehead atoms. The number of carbonyl (C=O) groups excluding carboxylic acids is 1. The summed E-state index contributed by atoms with van der Waals surface area (Å²) in [5, 5.41) is 2.79. The van der Waals surface area contributed by atoms with Crippen molar-refractivity contribution in [3.05, 3.63) is 35.1 Å². The highest BCUT2D eigenvalue weighted by Crippen LogP contribution is 2.36. The fourth-order valence-electron chi connectivity index (χ4n) is 2.07. The second kappa shape index (κ2) is 4.02. The highest BCUT2D eigenvalue weighted by atomic mass is 19.1. The quantitative estimate of drug-likeness (QED) is 0.815. The van der Waals surface area contributed by atoms with Crippen LogP contribution in [0.3, 0.4) is 0 Å². The van der Waals surface area contributed by atoms with Crippen molar-refractivity contribution in [1.29, 1.82) is 0 Å². The number of hydrogen-bond acceptors (Lipinski definition) is 2. The third-order valence-corrected chi connectivity index (χ3v) is 3.13. The standard InChI is InChI=1S/C13H16FNO2/c1-8-6-9(4-5-10(8)14)11-13(2,3)7-17-12(16)15-11/h4-6,11H,7H2,1-3H3,(H,15,16)/t11-/m0/s1. The van der Waals surface area contributed by atoms with Crippen LogP contribution in [0, 0.1) is 18.2 Å². The Bertz CT molecular complexity index is 457. The lowest BCUT2D eigenvalue weighted by atomic mass is 9.80. The van der Waals surface area contributed by atoms with E-state index < -0.39 is 6.09 Å². The van der Waals surface area contributed by atoms with Crippen LogP contribution in [0.1, 0.15) is 31.0 Å². The Morgan fingerprint density at radius 1 is 1.47 bits per heavy atom. The van der Waals surface area contributed by atoms with Gasteiger partial charge in [0.15, 0.2) is 0 Å².